The fraction of sp³-hybridized carbons (Fsp3) is 0.529. The van der Waals surface area contributed by atoms with Gasteiger partial charge in [-0.25, -0.2) is 4.79 Å². The second-order valence-electron chi connectivity index (χ2n) is 6.19. The Morgan fingerprint density at radius 2 is 2.21 bits per heavy atom. The van der Waals surface area contributed by atoms with Crippen molar-refractivity contribution in [3.8, 4) is 0 Å². The van der Waals surface area contributed by atoms with Crippen LogP contribution >= 0.6 is 12.4 Å². The number of amides is 3. The summed E-state index contributed by atoms with van der Waals surface area (Å²) in [4.78, 5) is 25.9. The first-order chi connectivity index (χ1) is 11.2. The lowest BCUT2D eigenvalue weighted by atomic mass is 10.1. The van der Waals surface area contributed by atoms with Crippen LogP contribution in [0.15, 0.2) is 24.3 Å². The number of hydrogen-bond donors (Lipinski definition) is 3. The van der Waals surface area contributed by atoms with Crippen LogP contribution in [-0.4, -0.2) is 44.7 Å². The van der Waals surface area contributed by atoms with Gasteiger partial charge in [-0.15, -0.1) is 12.4 Å². The Bertz CT molecular complexity index is 575. The molecule has 7 heteroatoms. The van der Waals surface area contributed by atoms with Gasteiger partial charge in [0.2, 0.25) is 0 Å². The summed E-state index contributed by atoms with van der Waals surface area (Å²) < 4.78 is 0. The van der Waals surface area contributed by atoms with Crippen LogP contribution < -0.4 is 20.9 Å². The molecule has 0 bridgehead atoms. The van der Waals surface area contributed by atoms with E-state index in [1.54, 1.807) is 17.0 Å². The molecule has 0 spiro atoms. The van der Waals surface area contributed by atoms with E-state index in [-0.39, 0.29) is 24.3 Å². The normalized spacial score (nSPS) is 20.2. The summed E-state index contributed by atoms with van der Waals surface area (Å²) in [7, 11) is 0. The molecule has 3 N–H and O–H groups in total. The molecule has 0 aliphatic carbocycles. The maximum absolute atomic E-state index is 12.3. The maximum Gasteiger partial charge on any atom is 0.321 e. The van der Waals surface area contributed by atoms with Crippen molar-refractivity contribution in [1.82, 2.24) is 16.0 Å². The van der Waals surface area contributed by atoms with Crippen LogP contribution in [0.25, 0.3) is 0 Å². The second-order valence-corrected chi connectivity index (χ2v) is 6.19. The monoisotopic (exact) mass is 352 g/mol. The predicted octanol–water partition coefficient (Wildman–Crippen LogP) is 1.76. The Labute approximate surface area is 148 Å². The van der Waals surface area contributed by atoms with Crippen molar-refractivity contribution in [2.45, 2.75) is 19.3 Å². The minimum atomic E-state index is -0.0949. The van der Waals surface area contributed by atoms with Crippen LogP contribution in [0.3, 0.4) is 0 Å². The molecule has 132 valence electrons. The first-order valence-electron chi connectivity index (χ1n) is 8.38. The number of benzene rings is 1. The molecule has 0 radical (unpaired) electrons. The fourth-order valence-electron chi connectivity index (χ4n) is 3.14. The first-order valence-corrected chi connectivity index (χ1v) is 8.38. The molecule has 1 atom stereocenters. The van der Waals surface area contributed by atoms with Crippen LogP contribution in [0.2, 0.25) is 0 Å². The maximum atomic E-state index is 12.3. The molecule has 2 aliphatic heterocycles. The molecule has 2 aliphatic rings. The number of hydrogen-bond acceptors (Lipinski definition) is 3. The Morgan fingerprint density at radius 3 is 2.96 bits per heavy atom. The SMILES string of the molecule is Cl.O=C(NCCC1CCNC1)c1cccc(N2CCCNC2=O)c1. The molecule has 2 saturated heterocycles. The van der Waals surface area contributed by atoms with Gasteiger partial charge in [-0.3, -0.25) is 9.69 Å². The number of urea groups is 1. The largest absolute Gasteiger partial charge is 0.352 e. The van der Waals surface area contributed by atoms with Crippen molar-refractivity contribution in [1.29, 1.82) is 0 Å². The topological polar surface area (TPSA) is 73.5 Å². The van der Waals surface area contributed by atoms with Gasteiger partial charge in [-0.1, -0.05) is 6.07 Å². The van der Waals surface area contributed by atoms with Crippen molar-refractivity contribution in [3.05, 3.63) is 29.8 Å². The smallest absolute Gasteiger partial charge is 0.321 e. The second kappa shape index (κ2) is 8.89. The first kappa shape index (κ1) is 18.5. The van der Waals surface area contributed by atoms with Crippen molar-refractivity contribution < 1.29 is 9.59 Å². The van der Waals surface area contributed by atoms with Crippen LogP contribution in [0.5, 0.6) is 0 Å². The standard InChI is InChI=1S/C17H24N4O2.ClH/c22-16(19-9-6-13-5-8-18-12-13)14-3-1-4-15(11-14)21-10-2-7-20-17(21)23;/h1,3-4,11,13,18H,2,5-10,12H2,(H,19,22)(H,20,23);1H. The molecule has 1 unspecified atom stereocenters. The quantitative estimate of drug-likeness (QED) is 0.756. The molecule has 2 heterocycles. The van der Waals surface area contributed by atoms with E-state index in [9.17, 15) is 9.59 Å². The average Bonchev–Trinajstić information content (AvgIpc) is 3.09. The van der Waals surface area contributed by atoms with Gasteiger partial charge in [0.15, 0.2) is 0 Å². The highest BCUT2D eigenvalue weighted by Gasteiger charge is 2.20. The van der Waals surface area contributed by atoms with Crippen LogP contribution in [0.4, 0.5) is 10.5 Å². The van der Waals surface area contributed by atoms with Gasteiger partial charge in [-0.2, -0.15) is 0 Å². The van der Waals surface area contributed by atoms with Crippen molar-refractivity contribution in [2.24, 2.45) is 5.92 Å². The third-order valence-corrected chi connectivity index (χ3v) is 4.50. The number of anilines is 1. The van der Waals surface area contributed by atoms with E-state index < -0.39 is 0 Å². The third-order valence-electron chi connectivity index (χ3n) is 4.50. The molecule has 1 aromatic carbocycles. The van der Waals surface area contributed by atoms with Crippen molar-refractivity contribution >= 4 is 30.0 Å². The molecule has 3 amide bonds. The van der Waals surface area contributed by atoms with E-state index in [1.165, 1.54) is 6.42 Å². The van der Waals surface area contributed by atoms with Gasteiger partial charge in [0.25, 0.3) is 5.91 Å². The summed E-state index contributed by atoms with van der Waals surface area (Å²) in [5.74, 6) is 0.592. The van der Waals surface area contributed by atoms with Gasteiger partial charge < -0.3 is 16.0 Å². The molecular formula is C17H25ClN4O2. The van der Waals surface area contributed by atoms with E-state index >= 15 is 0 Å². The summed E-state index contributed by atoms with van der Waals surface area (Å²) in [5.41, 5.74) is 1.38. The van der Waals surface area contributed by atoms with Crippen molar-refractivity contribution in [3.63, 3.8) is 0 Å². The lowest BCUT2D eigenvalue weighted by molar-refractivity contribution is 0.0951. The number of carbonyl (C=O) groups excluding carboxylic acids is 2. The lowest BCUT2D eigenvalue weighted by Gasteiger charge is -2.27. The lowest BCUT2D eigenvalue weighted by Crippen LogP contribution is -2.46. The summed E-state index contributed by atoms with van der Waals surface area (Å²) in [6.45, 7) is 4.23. The third kappa shape index (κ3) is 4.61. The van der Waals surface area contributed by atoms with Crippen LogP contribution in [0.1, 0.15) is 29.6 Å². The Kier molecular flexibility index (Phi) is 6.87. The molecular weight excluding hydrogens is 328 g/mol. The molecule has 1 aromatic rings. The zero-order valence-corrected chi connectivity index (χ0v) is 14.5. The highest BCUT2D eigenvalue weighted by molar-refractivity contribution is 5.97. The van der Waals surface area contributed by atoms with Gasteiger partial charge in [0.05, 0.1) is 0 Å². The summed E-state index contributed by atoms with van der Waals surface area (Å²) in [6.07, 6.45) is 3.11. The molecule has 24 heavy (non-hydrogen) atoms. The van der Waals surface area contributed by atoms with Crippen LogP contribution in [-0.2, 0) is 0 Å². The Balaban J connectivity index is 0.00000208. The van der Waals surface area contributed by atoms with Gasteiger partial charge >= 0.3 is 6.03 Å². The molecule has 2 fully saturated rings. The predicted molar refractivity (Wildman–Crippen MR) is 97.0 cm³/mol. The van der Waals surface area contributed by atoms with E-state index in [0.717, 1.165) is 31.6 Å². The van der Waals surface area contributed by atoms with Crippen molar-refractivity contribution in [2.75, 3.05) is 37.6 Å². The summed E-state index contributed by atoms with van der Waals surface area (Å²) in [5, 5.41) is 9.14. The van der Waals surface area contributed by atoms with Gasteiger partial charge in [0.1, 0.15) is 0 Å². The highest BCUT2D eigenvalue weighted by atomic mass is 35.5. The number of nitrogens with zero attached hydrogens (tertiary/aromatic N) is 1. The molecule has 0 aromatic heterocycles. The van der Waals surface area contributed by atoms with E-state index in [4.69, 9.17) is 0 Å². The summed E-state index contributed by atoms with van der Waals surface area (Å²) in [6, 6.07) is 7.18. The zero-order valence-electron chi connectivity index (χ0n) is 13.7. The number of nitrogens with one attached hydrogen (secondary N) is 3. The van der Waals surface area contributed by atoms with Crippen LogP contribution in [0, 0.1) is 5.92 Å². The zero-order chi connectivity index (χ0) is 16.1. The Hall–Kier alpha value is -1.79. The minimum Gasteiger partial charge on any atom is -0.352 e. The minimum absolute atomic E-state index is 0. The molecule has 3 rings (SSSR count). The number of rotatable bonds is 5. The van der Waals surface area contributed by atoms with Gasteiger partial charge in [-0.05, 0) is 56.5 Å². The van der Waals surface area contributed by atoms with Gasteiger partial charge in [0, 0.05) is 30.9 Å². The van der Waals surface area contributed by atoms with E-state index in [2.05, 4.69) is 16.0 Å². The Morgan fingerprint density at radius 1 is 1.33 bits per heavy atom. The molecule has 6 nitrogen and oxygen atoms in total. The average molecular weight is 353 g/mol. The fourth-order valence-corrected chi connectivity index (χ4v) is 3.14. The number of carbonyl (C=O) groups is 2. The summed E-state index contributed by atoms with van der Waals surface area (Å²) >= 11 is 0. The van der Waals surface area contributed by atoms with E-state index in [1.807, 2.05) is 12.1 Å². The van der Waals surface area contributed by atoms with E-state index in [0.29, 0.717) is 31.1 Å². The highest BCUT2D eigenvalue weighted by Crippen LogP contribution is 2.18. The molecule has 0 saturated carbocycles. The number of halogens is 1.